The summed E-state index contributed by atoms with van der Waals surface area (Å²) >= 11 is 7.80. The highest BCUT2D eigenvalue weighted by Gasteiger charge is 2.24. The Morgan fingerprint density at radius 1 is 1.21 bits per heavy atom. The van der Waals surface area contributed by atoms with Crippen LogP contribution < -0.4 is 10.7 Å². The highest BCUT2D eigenvalue weighted by Crippen LogP contribution is 2.35. The lowest BCUT2D eigenvalue weighted by atomic mass is 10.2. The highest BCUT2D eigenvalue weighted by molar-refractivity contribution is 7.23. The second kappa shape index (κ2) is 9.26. The molecule has 8 nitrogen and oxygen atoms in total. The third kappa shape index (κ3) is 4.41. The van der Waals surface area contributed by atoms with Gasteiger partial charge in [-0.05, 0) is 30.7 Å². The smallest absolute Gasteiger partial charge is 0.408 e. The molecular formula is C23H23ClN4O4S. The molecule has 5 rings (SSSR count). The fourth-order valence-corrected chi connectivity index (χ4v) is 5.34. The van der Waals surface area contributed by atoms with Crippen molar-refractivity contribution in [1.29, 1.82) is 0 Å². The van der Waals surface area contributed by atoms with Crippen LogP contribution in [0.25, 0.3) is 21.3 Å². The minimum atomic E-state index is -0.555. The number of benzene rings is 2. The highest BCUT2D eigenvalue weighted by atomic mass is 35.5. The van der Waals surface area contributed by atoms with Crippen molar-refractivity contribution >= 4 is 55.3 Å². The van der Waals surface area contributed by atoms with Crippen molar-refractivity contribution in [3.63, 3.8) is 0 Å². The molecule has 0 radical (unpaired) electrons. The van der Waals surface area contributed by atoms with Gasteiger partial charge in [-0.1, -0.05) is 41.1 Å². The standard InChI is InChI=1S/C23H23ClN4O4S/c1-15-6-7-16(24)21-20(15)25-22(33-21)27(9-8-26-10-12-31-13-11-26)19(29)14-28-17-4-2-3-5-18(17)32-23(28)30/h2-7H,8-14H2,1H3. The van der Waals surface area contributed by atoms with Gasteiger partial charge >= 0.3 is 5.76 Å². The number of hydrogen-bond acceptors (Lipinski definition) is 7. The van der Waals surface area contributed by atoms with Gasteiger partial charge in [0.25, 0.3) is 0 Å². The predicted octanol–water partition coefficient (Wildman–Crippen LogP) is 3.53. The van der Waals surface area contributed by atoms with E-state index < -0.39 is 5.76 Å². The van der Waals surface area contributed by atoms with Crippen LogP contribution in [0.3, 0.4) is 0 Å². The molecule has 1 aliphatic rings. The van der Waals surface area contributed by atoms with Crippen LogP contribution in [-0.4, -0.2) is 59.8 Å². The van der Waals surface area contributed by atoms with Gasteiger partial charge in [0.15, 0.2) is 10.7 Å². The van der Waals surface area contributed by atoms with Crippen LogP contribution >= 0.6 is 22.9 Å². The molecule has 4 aromatic rings. The number of carbonyl (C=O) groups is 1. The summed E-state index contributed by atoms with van der Waals surface area (Å²) in [5, 5.41) is 1.18. The zero-order valence-electron chi connectivity index (χ0n) is 18.1. The Morgan fingerprint density at radius 2 is 2.00 bits per heavy atom. The van der Waals surface area contributed by atoms with E-state index in [2.05, 4.69) is 4.90 Å². The fourth-order valence-electron chi connectivity index (χ4n) is 3.98. The number of hydrogen-bond donors (Lipinski definition) is 0. The van der Waals surface area contributed by atoms with Crippen LogP contribution in [-0.2, 0) is 16.1 Å². The first-order valence-corrected chi connectivity index (χ1v) is 11.9. The Morgan fingerprint density at radius 3 is 2.79 bits per heavy atom. The topological polar surface area (TPSA) is 80.8 Å². The molecular weight excluding hydrogens is 464 g/mol. The molecule has 33 heavy (non-hydrogen) atoms. The number of aryl methyl sites for hydroxylation is 1. The maximum atomic E-state index is 13.5. The van der Waals surface area contributed by atoms with E-state index in [0.717, 1.165) is 28.9 Å². The summed E-state index contributed by atoms with van der Waals surface area (Å²) in [5.41, 5.74) is 2.83. The van der Waals surface area contributed by atoms with E-state index in [1.807, 2.05) is 25.1 Å². The third-order valence-corrected chi connectivity index (χ3v) is 7.37. The number of oxazole rings is 1. The molecule has 172 valence electrons. The zero-order valence-corrected chi connectivity index (χ0v) is 19.7. The van der Waals surface area contributed by atoms with Gasteiger partial charge in [-0.15, -0.1) is 0 Å². The first-order chi connectivity index (χ1) is 16.0. The molecule has 1 fully saturated rings. The lowest BCUT2D eigenvalue weighted by Crippen LogP contribution is -2.44. The van der Waals surface area contributed by atoms with Crippen molar-refractivity contribution in [1.82, 2.24) is 14.5 Å². The summed E-state index contributed by atoms with van der Waals surface area (Å²) in [5.74, 6) is -0.786. The molecule has 0 spiro atoms. The number of anilines is 1. The number of halogens is 1. The van der Waals surface area contributed by atoms with Gasteiger partial charge in [0.05, 0.1) is 34.0 Å². The first-order valence-electron chi connectivity index (χ1n) is 10.8. The summed E-state index contributed by atoms with van der Waals surface area (Å²) in [6.45, 7) is 5.96. The molecule has 0 bridgehead atoms. The molecule has 0 unspecified atom stereocenters. The van der Waals surface area contributed by atoms with E-state index >= 15 is 0 Å². The Hall–Kier alpha value is -2.72. The minimum absolute atomic E-state index is 0.137. The number of carbonyl (C=O) groups excluding carboxylic acids is 1. The van der Waals surface area contributed by atoms with Crippen LogP contribution in [0.15, 0.2) is 45.6 Å². The molecule has 2 aromatic carbocycles. The van der Waals surface area contributed by atoms with Crippen molar-refractivity contribution in [3.8, 4) is 0 Å². The second-order valence-corrected chi connectivity index (χ2v) is 9.34. The molecule has 1 aliphatic heterocycles. The lowest BCUT2D eigenvalue weighted by Gasteiger charge is -2.29. The Kier molecular flexibility index (Phi) is 6.20. The molecule has 10 heteroatoms. The van der Waals surface area contributed by atoms with Crippen molar-refractivity contribution in [3.05, 3.63) is 57.5 Å². The van der Waals surface area contributed by atoms with Gasteiger partial charge in [-0.3, -0.25) is 19.2 Å². The third-order valence-electron chi connectivity index (χ3n) is 5.83. The summed E-state index contributed by atoms with van der Waals surface area (Å²) in [4.78, 5) is 34.7. The molecule has 0 aliphatic carbocycles. The summed E-state index contributed by atoms with van der Waals surface area (Å²) in [7, 11) is 0. The van der Waals surface area contributed by atoms with Crippen LogP contribution in [0.1, 0.15) is 5.56 Å². The SMILES string of the molecule is Cc1ccc(Cl)c2sc(N(CCN3CCOCC3)C(=O)Cn3c(=O)oc4ccccc43)nc12. The Labute approximate surface area is 198 Å². The number of rotatable bonds is 6. The Bertz CT molecular complexity index is 1330. The normalized spacial score (nSPS) is 14.8. The van der Waals surface area contributed by atoms with Gasteiger partial charge in [-0.25, -0.2) is 9.78 Å². The van der Waals surface area contributed by atoms with Gasteiger partial charge in [0.2, 0.25) is 5.91 Å². The molecule has 1 amide bonds. The van der Waals surface area contributed by atoms with Crippen molar-refractivity contribution in [2.45, 2.75) is 13.5 Å². The summed E-state index contributed by atoms with van der Waals surface area (Å²) in [6, 6.07) is 10.9. The van der Waals surface area contributed by atoms with Gasteiger partial charge in [0, 0.05) is 26.2 Å². The minimum Gasteiger partial charge on any atom is -0.408 e. The van der Waals surface area contributed by atoms with E-state index in [0.29, 0.717) is 47.6 Å². The van der Waals surface area contributed by atoms with Gasteiger partial charge in [0.1, 0.15) is 6.54 Å². The van der Waals surface area contributed by atoms with Crippen molar-refractivity contribution in [2.24, 2.45) is 0 Å². The van der Waals surface area contributed by atoms with E-state index in [1.54, 1.807) is 23.1 Å². The number of ether oxygens (including phenoxy) is 1. The quantitative estimate of drug-likeness (QED) is 0.415. The van der Waals surface area contributed by atoms with Crippen LogP contribution in [0.2, 0.25) is 5.02 Å². The van der Waals surface area contributed by atoms with Gasteiger partial charge < -0.3 is 9.15 Å². The Balaban J connectivity index is 1.48. The molecule has 3 heterocycles. The van der Waals surface area contributed by atoms with Crippen LogP contribution in [0.4, 0.5) is 5.13 Å². The summed E-state index contributed by atoms with van der Waals surface area (Å²) < 4.78 is 13.0. The van der Waals surface area contributed by atoms with E-state index in [-0.39, 0.29) is 12.5 Å². The molecule has 0 saturated carbocycles. The van der Waals surface area contributed by atoms with E-state index in [9.17, 15) is 9.59 Å². The predicted molar refractivity (Wildman–Crippen MR) is 129 cm³/mol. The van der Waals surface area contributed by atoms with Crippen LogP contribution in [0, 0.1) is 6.92 Å². The van der Waals surface area contributed by atoms with Crippen molar-refractivity contribution in [2.75, 3.05) is 44.3 Å². The fraction of sp³-hybridized carbons (Fsp3) is 0.348. The molecule has 2 aromatic heterocycles. The van der Waals surface area contributed by atoms with E-state index in [1.165, 1.54) is 15.9 Å². The molecule has 1 saturated heterocycles. The maximum Gasteiger partial charge on any atom is 0.420 e. The van der Waals surface area contributed by atoms with Gasteiger partial charge in [-0.2, -0.15) is 0 Å². The number of thiazole rings is 1. The number of para-hydroxylation sites is 2. The number of aromatic nitrogens is 2. The average Bonchev–Trinajstić information content (AvgIpc) is 3.40. The molecule has 0 N–H and O–H groups in total. The second-order valence-electron chi connectivity index (χ2n) is 7.96. The summed E-state index contributed by atoms with van der Waals surface area (Å²) in [6.07, 6.45) is 0. The number of nitrogens with zero attached hydrogens (tertiary/aromatic N) is 4. The zero-order chi connectivity index (χ0) is 22.9. The number of morpholine rings is 1. The lowest BCUT2D eigenvalue weighted by molar-refractivity contribution is -0.119. The average molecular weight is 487 g/mol. The largest absolute Gasteiger partial charge is 0.420 e. The van der Waals surface area contributed by atoms with Crippen molar-refractivity contribution < 1.29 is 13.9 Å². The van der Waals surface area contributed by atoms with Crippen LogP contribution in [0.5, 0.6) is 0 Å². The number of fused-ring (bicyclic) bond motifs is 2. The molecule has 0 atom stereocenters. The first kappa shape index (κ1) is 22.1. The monoisotopic (exact) mass is 486 g/mol. The van der Waals surface area contributed by atoms with E-state index in [4.69, 9.17) is 25.7 Å². The maximum absolute atomic E-state index is 13.5. The number of amides is 1.